The van der Waals surface area contributed by atoms with Crippen molar-refractivity contribution in [1.29, 1.82) is 0 Å². The largest absolute Gasteiger partial charge is 0.326 e. The number of amides is 5. The Morgan fingerprint density at radius 3 is 2.07 bits per heavy atom. The number of rotatable bonds is 9. The first-order chi connectivity index (χ1) is 21.7. The maximum absolute atomic E-state index is 13.3. The van der Waals surface area contributed by atoms with Gasteiger partial charge in [-0.05, 0) is 79.2 Å². The van der Waals surface area contributed by atoms with E-state index in [1.165, 1.54) is 18.7 Å². The molecule has 1 heterocycles. The summed E-state index contributed by atoms with van der Waals surface area (Å²) in [6.07, 6.45) is 1.66. The van der Waals surface area contributed by atoms with Gasteiger partial charge in [-0.1, -0.05) is 48.0 Å². The Morgan fingerprint density at radius 1 is 0.800 bits per heavy atom. The van der Waals surface area contributed by atoms with Crippen LogP contribution in [0.3, 0.4) is 0 Å². The molecule has 4 aromatic rings. The zero-order valence-electron chi connectivity index (χ0n) is 24.6. The lowest BCUT2D eigenvalue weighted by molar-refractivity contribution is -0.121. The van der Waals surface area contributed by atoms with Crippen LogP contribution in [-0.2, 0) is 19.2 Å². The minimum Gasteiger partial charge on any atom is -0.326 e. The van der Waals surface area contributed by atoms with E-state index < -0.39 is 17.1 Å². The second-order valence-corrected chi connectivity index (χ2v) is 11.6. The first-order valence-electron chi connectivity index (χ1n) is 14.1. The van der Waals surface area contributed by atoms with Gasteiger partial charge >= 0.3 is 0 Å². The lowest BCUT2D eigenvalue weighted by Crippen LogP contribution is -2.31. The molecule has 0 aliphatic carbocycles. The zero-order valence-corrected chi connectivity index (χ0v) is 25.4. The van der Waals surface area contributed by atoms with E-state index in [0.29, 0.717) is 22.6 Å². The second-order valence-electron chi connectivity index (χ2n) is 10.4. The number of anilines is 3. The number of nitrogens with zero attached hydrogens (tertiary/aromatic N) is 1. The zero-order chi connectivity index (χ0) is 31.9. The van der Waals surface area contributed by atoms with Gasteiger partial charge in [-0.2, -0.15) is 0 Å². The average Bonchev–Trinajstić information content (AvgIpc) is 3.31. The van der Waals surface area contributed by atoms with E-state index in [-0.39, 0.29) is 29.8 Å². The molecule has 9 nitrogen and oxygen atoms in total. The molecule has 45 heavy (non-hydrogen) atoms. The molecule has 10 heteroatoms. The lowest BCUT2D eigenvalue weighted by atomic mass is 10.1. The number of carbonyl (C=O) groups is 5. The fourth-order valence-corrected chi connectivity index (χ4v) is 5.67. The normalized spacial score (nSPS) is 14.7. The summed E-state index contributed by atoms with van der Waals surface area (Å²) in [4.78, 5) is 65.3. The first-order valence-corrected chi connectivity index (χ1v) is 15.0. The molecule has 1 aliphatic heterocycles. The number of imide groups is 1. The van der Waals surface area contributed by atoms with Gasteiger partial charge in [0.15, 0.2) is 0 Å². The third-order valence-electron chi connectivity index (χ3n) is 6.86. The van der Waals surface area contributed by atoms with Crippen LogP contribution in [0.1, 0.15) is 34.8 Å². The minimum atomic E-state index is -0.606. The van der Waals surface area contributed by atoms with Gasteiger partial charge in [0.05, 0.1) is 10.9 Å². The molecule has 3 N–H and O–H groups in total. The van der Waals surface area contributed by atoms with Crippen LogP contribution in [0.15, 0.2) is 114 Å². The molecule has 0 radical (unpaired) electrons. The molecule has 0 spiro atoms. The molecule has 5 amide bonds. The molecule has 1 unspecified atom stereocenters. The van der Waals surface area contributed by atoms with Crippen molar-refractivity contribution in [3.8, 4) is 0 Å². The van der Waals surface area contributed by atoms with Gasteiger partial charge < -0.3 is 16.0 Å². The second kappa shape index (κ2) is 13.9. The molecule has 5 rings (SSSR count). The fraction of sp³-hybridized carbons (Fsp3) is 0.114. The van der Waals surface area contributed by atoms with Crippen LogP contribution in [0, 0.1) is 6.92 Å². The summed E-state index contributed by atoms with van der Waals surface area (Å²) < 4.78 is 0. The molecule has 1 aliphatic rings. The summed E-state index contributed by atoms with van der Waals surface area (Å²) in [5.74, 6) is -1.76. The summed E-state index contributed by atoms with van der Waals surface area (Å²) in [5.41, 5.74) is 3.81. The van der Waals surface area contributed by atoms with Crippen molar-refractivity contribution in [2.75, 3.05) is 15.5 Å². The Balaban J connectivity index is 1.25. The van der Waals surface area contributed by atoms with E-state index in [4.69, 9.17) is 0 Å². The van der Waals surface area contributed by atoms with Crippen molar-refractivity contribution in [1.82, 2.24) is 5.32 Å². The molecule has 0 saturated carbocycles. The van der Waals surface area contributed by atoms with Crippen LogP contribution < -0.4 is 20.9 Å². The van der Waals surface area contributed by atoms with Gasteiger partial charge in [-0.25, -0.2) is 4.90 Å². The van der Waals surface area contributed by atoms with E-state index in [1.807, 2.05) is 31.2 Å². The third-order valence-corrected chi connectivity index (χ3v) is 8.06. The van der Waals surface area contributed by atoms with Crippen LogP contribution in [0.25, 0.3) is 6.08 Å². The molecule has 4 aromatic carbocycles. The quantitative estimate of drug-likeness (QED) is 0.161. The summed E-state index contributed by atoms with van der Waals surface area (Å²) in [5, 5.41) is 7.60. The fourth-order valence-electron chi connectivity index (χ4n) is 4.62. The summed E-state index contributed by atoms with van der Waals surface area (Å²) in [6, 6.07) is 29.6. The topological polar surface area (TPSA) is 125 Å². The van der Waals surface area contributed by atoms with Gasteiger partial charge in [0, 0.05) is 35.2 Å². The van der Waals surface area contributed by atoms with Crippen molar-refractivity contribution in [2.45, 2.75) is 30.4 Å². The smallest absolute Gasteiger partial charge is 0.272 e. The van der Waals surface area contributed by atoms with E-state index in [0.717, 1.165) is 20.9 Å². The highest BCUT2D eigenvalue weighted by atomic mass is 32.2. The Hall–Kier alpha value is -5.48. The molecule has 1 atom stereocenters. The van der Waals surface area contributed by atoms with Crippen molar-refractivity contribution < 1.29 is 24.0 Å². The average molecular weight is 619 g/mol. The molecular formula is C35H30N4O5S. The summed E-state index contributed by atoms with van der Waals surface area (Å²) in [7, 11) is 0. The van der Waals surface area contributed by atoms with Crippen LogP contribution in [0.2, 0.25) is 0 Å². The van der Waals surface area contributed by atoms with Gasteiger partial charge in [0.25, 0.3) is 11.8 Å². The Labute approximate surface area is 264 Å². The van der Waals surface area contributed by atoms with Gasteiger partial charge in [0.2, 0.25) is 17.7 Å². The molecule has 1 fully saturated rings. The van der Waals surface area contributed by atoms with Crippen molar-refractivity contribution in [2.24, 2.45) is 0 Å². The maximum Gasteiger partial charge on any atom is 0.272 e. The number of benzene rings is 4. The molecule has 226 valence electrons. The van der Waals surface area contributed by atoms with Gasteiger partial charge in [-0.3, -0.25) is 24.0 Å². The van der Waals surface area contributed by atoms with E-state index in [2.05, 4.69) is 16.0 Å². The molecular weight excluding hydrogens is 588 g/mol. The predicted octanol–water partition coefficient (Wildman–Crippen LogP) is 5.79. The van der Waals surface area contributed by atoms with E-state index >= 15 is 0 Å². The van der Waals surface area contributed by atoms with Crippen molar-refractivity contribution in [3.63, 3.8) is 0 Å². The number of nitrogens with one attached hydrogen (secondary N) is 3. The Kier molecular flexibility index (Phi) is 9.54. The highest BCUT2D eigenvalue weighted by molar-refractivity contribution is 8.00. The summed E-state index contributed by atoms with van der Waals surface area (Å²) >= 11 is 1.27. The van der Waals surface area contributed by atoms with E-state index in [1.54, 1.807) is 84.9 Å². The SMILES string of the molecule is CC(=O)Nc1ccc(N2C(=O)CC(Sc3ccc(NC(=O)/C(=C/c4ccc(C)cc4)NC(=O)c4ccccc4)cc3)C2=O)cc1. The Bertz CT molecular complexity index is 1770. The maximum atomic E-state index is 13.3. The summed E-state index contributed by atoms with van der Waals surface area (Å²) in [6.45, 7) is 3.36. The number of thioether (sulfide) groups is 1. The number of hydrogen-bond acceptors (Lipinski definition) is 6. The third kappa shape index (κ3) is 7.92. The number of carbonyl (C=O) groups excluding carboxylic acids is 5. The molecule has 1 saturated heterocycles. The van der Waals surface area contributed by atoms with Crippen LogP contribution in [0.5, 0.6) is 0 Å². The molecule has 0 bridgehead atoms. The monoisotopic (exact) mass is 618 g/mol. The minimum absolute atomic E-state index is 0.0453. The van der Waals surface area contributed by atoms with Gasteiger partial charge in [0.1, 0.15) is 5.70 Å². The van der Waals surface area contributed by atoms with Crippen LogP contribution in [-0.4, -0.2) is 34.8 Å². The van der Waals surface area contributed by atoms with Crippen LogP contribution in [0.4, 0.5) is 17.1 Å². The lowest BCUT2D eigenvalue weighted by Gasteiger charge is -2.15. The number of aryl methyl sites for hydroxylation is 1. The van der Waals surface area contributed by atoms with Crippen LogP contribution >= 0.6 is 11.8 Å². The molecule has 0 aromatic heterocycles. The number of hydrogen-bond donors (Lipinski definition) is 3. The Morgan fingerprint density at radius 2 is 1.42 bits per heavy atom. The highest BCUT2D eigenvalue weighted by Crippen LogP contribution is 2.34. The van der Waals surface area contributed by atoms with Crippen molar-refractivity contribution >= 4 is 64.4 Å². The first kappa shape index (κ1) is 31.0. The predicted molar refractivity (Wildman–Crippen MR) is 176 cm³/mol. The van der Waals surface area contributed by atoms with E-state index in [9.17, 15) is 24.0 Å². The highest BCUT2D eigenvalue weighted by Gasteiger charge is 2.40. The van der Waals surface area contributed by atoms with Crippen molar-refractivity contribution in [3.05, 3.63) is 126 Å². The van der Waals surface area contributed by atoms with Gasteiger partial charge in [-0.15, -0.1) is 11.8 Å². The standard InChI is InChI=1S/C35H30N4O5S/c1-22-8-10-24(11-9-22)20-30(38-33(42)25-6-4-3-5-7-25)34(43)37-27-14-18-29(19-15-27)45-31-21-32(41)39(35(31)44)28-16-12-26(13-17-28)36-23(2)40/h3-20,31H,21H2,1-2H3,(H,36,40)(H,37,43)(H,38,42)/b30-20-.